The standard InChI is InChI=1S/C16H28N6/c1-11(2)14(15-17-8-9-21(15)6)18-10-13-12(3)19-22(7)16(13)20(4)5/h8-9,11,14,18H,10H2,1-7H3/t14-/m1/s1. The summed E-state index contributed by atoms with van der Waals surface area (Å²) in [5, 5.41) is 8.21. The number of aryl methyl sites for hydroxylation is 3. The molecule has 6 heteroatoms. The lowest BCUT2D eigenvalue weighted by molar-refractivity contribution is 0.384. The molecule has 0 radical (unpaired) electrons. The van der Waals surface area contributed by atoms with E-state index in [1.165, 1.54) is 5.56 Å². The second-order valence-corrected chi connectivity index (χ2v) is 6.40. The van der Waals surface area contributed by atoms with Crippen LogP contribution in [0.15, 0.2) is 12.4 Å². The van der Waals surface area contributed by atoms with Gasteiger partial charge >= 0.3 is 0 Å². The van der Waals surface area contributed by atoms with Crippen LogP contribution in [-0.4, -0.2) is 33.4 Å². The molecule has 0 aliphatic heterocycles. The molecule has 2 rings (SSSR count). The molecule has 0 aliphatic rings. The third kappa shape index (κ3) is 3.16. The SMILES string of the molecule is Cc1nn(C)c(N(C)C)c1CN[C@@H](c1nccn1C)C(C)C. The van der Waals surface area contributed by atoms with Gasteiger partial charge in [0, 0.05) is 52.7 Å². The molecule has 22 heavy (non-hydrogen) atoms. The molecular weight excluding hydrogens is 276 g/mol. The van der Waals surface area contributed by atoms with E-state index in [1.807, 2.05) is 31.2 Å². The Labute approximate surface area is 133 Å². The molecule has 0 aromatic carbocycles. The Balaban J connectivity index is 2.23. The molecule has 1 N–H and O–H groups in total. The summed E-state index contributed by atoms with van der Waals surface area (Å²) in [5.41, 5.74) is 2.31. The highest BCUT2D eigenvalue weighted by Crippen LogP contribution is 2.24. The van der Waals surface area contributed by atoms with Gasteiger partial charge in [-0.1, -0.05) is 13.8 Å². The number of anilines is 1. The number of nitrogens with zero attached hydrogens (tertiary/aromatic N) is 5. The van der Waals surface area contributed by atoms with Gasteiger partial charge in [0.05, 0.1) is 11.7 Å². The van der Waals surface area contributed by atoms with Gasteiger partial charge in [-0.15, -0.1) is 0 Å². The van der Waals surface area contributed by atoms with Crippen LogP contribution < -0.4 is 10.2 Å². The van der Waals surface area contributed by atoms with Gasteiger partial charge in [-0.3, -0.25) is 4.68 Å². The number of imidazole rings is 1. The predicted octanol–water partition coefficient (Wildman–Crippen LogP) is 2.01. The average Bonchev–Trinajstić information content (AvgIpc) is 2.94. The highest BCUT2D eigenvalue weighted by Gasteiger charge is 2.22. The van der Waals surface area contributed by atoms with E-state index in [9.17, 15) is 0 Å². The summed E-state index contributed by atoms with van der Waals surface area (Å²) in [4.78, 5) is 6.62. The van der Waals surface area contributed by atoms with Crippen molar-refractivity contribution in [1.29, 1.82) is 0 Å². The van der Waals surface area contributed by atoms with Crippen LogP contribution >= 0.6 is 0 Å². The van der Waals surface area contributed by atoms with Crippen molar-refractivity contribution in [2.45, 2.75) is 33.4 Å². The third-order valence-corrected chi connectivity index (χ3v) is 4.04. The summed E-state index contributed by atoms with van der Waals surface area (Å²) in [6.45, 7) is 7.28. The molecule has 0 aliphatic carbocycles. The minimum absolute atomic E-state index is 0.217. The fourth-order valence-corrected chi connectivity index (χ4v) is 2.97. The first-order valence-corrected chi connectivity index (χ1v) is 7.73. The minimum atomic E-state index is 0.217. The van der Waals surface area contributed by atoms with E-state index in [0.29, 0.717) is 5.92 Å². The van der Waals surface area contributed by atoms with E-state index in [-0.39, 0.29) is 6.04 Å². The van der Waals surface area contributed by atoms with Gasteiger partial charge in [-0.25, -0.2) is 4.98 Å². The first kappa shape index (κ1) is 16.5. The summed E-state index contributed by atoms with van der Waals surface area (Å²) in [6, 6.07) is 0.217. The summed E-state index contributed by atoms with van der Waals surface area (Å²) in [5.74, 6) is 2.68. The molecule has 2 aromatic heterocycles. The molecule has 0 amide bonds. The molecule has 1 atom stereocenters. The van der Waals surface area contributed by atoms with Crippen LogP contribution in [0.3, 0.4) is 0 Å². The Morgan fingerprint density at radius 2 is 1.95 bits per heavy atom. The van der Waals surface area contributed by atoms with Gasteiger partial charge in [-0.2, -0.15) is 5.10 Å². The molecule has 122 valence electrons. The molecule has 0 saturated heterocycles. The largest absolute Gasteiger partial charge is 0.363 e. The van der Waals surface area contributed by atoms with Crippen molar-refractivity contribution >= 4 is 5.82 Å². The highest BCUT2D eigenvalue weighted by molar-refractivity contribution is 5.48. The van der Waals surface area contributed by atoms with Crippen molar-refractivity contribution in [2.75, 3.05) is 19.0 Å². The number of rotatable bonds is 6. The smallest absolute Gasteiger partial charge is 0.130 e. The number of nitrogens with one attached hydrogen (secondary N) is 1. The van der Waals surface area contributed by atoms with Crippen LogP contribution in [0.25, 0.3) is 0 Å². The molecule has 0 fully saturated rings. The molecule has 0 spiro atoms. The van der Waals surface area contributed by atoms with Crippen LogP contribution in [-0.2, 0) is 20.6 Å². The number of hydrogen-bond acceptors (Lipinski definition) is 4. The maximum absolute atomic E-state index is 4.55. The topological polar surface area (TPSA) is 50.9 Å². The van der Waals surface area contributed by atoms with E-state index in [2.05, 4.69) is 59.7 Å². The van der Waals surface area contributed by atoms with Crippen molar-refractivity contribution in [2.24, 2.45) is 20.0 Å². The van der Waals surface area contributed by atoms with Gasteiger partial charge in [0.15, 0.2) is 0 Å². The zero-order chi connectivity index (χ0) is 16.4. The number of aromatic nitrogens is 4. The second kappa shape index (κ2) is 6.52. The molecule has 2 heterocycles. The molecule has 0 saturated carbocycles. The zero-order valence-corrected chi connectivity index (χ0v) is 14.8. The van der Waals surface area contributed by atoms with Crippen LogP contribution in [0, 0.1) is 12.8 Å². The van der Waals surface area contributed by atoms with Crippen molar-refractivity contribution in [1.82, 2.24) is 24.6 Å². The van der Waals surface area contributed by atoms with Gasteiger partial charge < -0.3 is 14.8 Å². The molecule has 6 nitrogen and oxygen atoms in total. The van der Waals surface area contributed by atoms with Crippen LogP contribution in [0.2, 0.25) is 0 Å². The normalized spacial score (nSPS) is 12.9. The fraction of sp³-hybridized carbons (Fsp3) is 0.625. The lowest BCUT2D eigenvalue weighted by Crippen LogP contribution is -2.28. The van der Waals surface area contributed by atoms with Gasteiger partial charge in [0.1, 0.15) is 11.6 Å². The molecule has 0 bridgehead atoms. The van der Waals surface area contributed by atoms with Gasteiger partial charge in [0.2, 0.25) is 0 Å². The summed E-state index contributed by atoms with van der Waals surface area (Å²) >= 11 is 0. The van der Waals surface area contributed by atoms with E-state index < -0.39 is 0 Å². The Kier molecular flexibility index (Phi) is 4.90. The first-order valence-electron chi connectivity index (χ1n) is 7.73. The van der Waals surface area contributed by atoms with E-state index in [0.717, 1.165) is 23.9 Å². The second-order valence-electron chi connectivity index (χ2n) is 6.40. The fourth-order valence-electron chi connectivity index (χ4n) is 2.97. The zero-order valence-electron chi connectivity index (χ0n) is 14.8. The highest BCUT2D eigenvalue weighted by atomic mass is 15.4. The predicted molar refractivity (Wildman–Crippen MR) is 89.9 cm³/mol. The van der Waals surface area contributed by atoms with Gasteiger partial charge in [-0.05, 0) is 12.8 Å². The summed E-state index contributed by atoms with van der Waals surface area (Å²) < 4.78 is 4.03. The lowest BCUT2D eigenvalue weighted by Gasteiger charge is -2.23. The Hall–Kier alpha value is -1.82. The van der Waals surface area contributed by atoms with Crippen molar-refractivity contribution in [3.05, 3.63) is 29.5 Å². The molecule has 2 aromatic rings. The van der Waals surface area contributed by atoms with E-state index in [1.54, 1.807) is 0 Å². The summed E-state index contributed by atoms with van der Waals surface area (Å²) in [6.07, 6.45) is 3.85. The quantitative estimate of drug-likeness (QED) is 0.887. The van der Waals surface area contributed by atoms with Crippen LogP contribution in [0.1, 0.15) is 37.0 Å². The monoisotopic (exact) mass is 304 g/mol. The molecule has 0 unspecified atom stereocenters. The van der Waals surface area contributed by atoms with Crippen LogP contribution in [0.5, 0.6) is 0 Å². The Bertz CT molecular complexity index is 623. The van der Waals surface area contributed by atoms with Crippen molar-refractivity contribution in [3.8, 4) is 0 Å². The molecular formula is C16H28N6. The maximum Gasteiger partial charge on any atom is 0.130 e. The summed E-state index contributed by atoms with van der Waals surface area (Å²) in [7, 11) is 8.14. The first-order chi connectivity index (χ1) is 10.3. The Morgan fingerprint density at radius 1 is 1.27 bits per heavy atom. The van der Waals surface area contributed by atoms with E-state index >= 15 is 0 Å². The average molecular weight is 304 g/mol. The minimum Gasteiger partial charge on any atom is -0.363 e. The lowest BCUT2D eigenvalue weighted by atomic mass is 10.0. The number of hydrogen-bond donors (Lipinski definition) is 1. The third-order valence-electron chi connectivity index (χ3n) is 4.04. The van der Waals surface area contributed by atoms with Gasteiger partial charge in [0.25, 0.3) is 0 Å². The van der Waals surface area contributed by atoms with Crippen molar-refractivity contribution in [3.63, 3.8) is 0 Å². The van der Waals surface area contributed by atoms with Crippen LogP contribution in [0.4, 0.5) is 5.82 Å². The van der Waals surface area contributed by atoms with Crippen molar-refractivity contribution < 1.29 is 0 Å². The Morgan fingerprint density at radius 3 is 2.45 bits per heavy atom. The van der Waals surface area contributed by atoms with E-state index in [4.69, 9.17) is 0 Å². The maximum atomic E-state index is 4.55.